The summed E-state index contributed by atoms with van der Waals surface area (Å²) in [6.45, 7) is 0. The number of nitrogens with zero attached hydrogens (tertiary/aromatic N) is 1. The van der Waals surface area contributed by atoms with Crippen molar-refractivity contribution in [3.8, 4) is 5.88 Å². The lowest BCUT2D eigenvalue weighted by Gasteiger charge is -2.10. The van der Waals surface area contributed by atoms with Crippen molar-refractivity contribution in [2.24, 2.45) is 0 Å². The van der Waals surface area contributed by atoms with Crippen LogP contribution in [0.5, 0.6) is 5.88 Å². The van der Waals surface area contributed by atoms with Gasteiger partial charge in [0, 0.05) is 17.2 Å². The number of aromatic nitrogens is 1. The highest BCUT2D eigenvalue weighted by Gasteiger charge is 2.32. The van der Waals surface area contributed by atoms with Gasteiger partial charge in [0.1, 0.15) is 3.70 Å². The highest BCUT2D eigenvalue weighted by atomic mass is 127. The molecule has 1 aromatic rings. The first-order valence-electron chi connectivity index (χ1n) is 3.83. The summed E-state index contributed by atoms with van der Waals surface area (Å²) >= 11 is 7.22. The minimum Gasteiger partial charge on any atom is -0.388 e. The van der Waals surface area contributed by atoms with Crippen LogP contribution in [-0.4, -0.2) is 17.6 Å². The van der Waals surface area contributed by atoms with E-state index in [1.54, 1.807) is 22.6 Å². The predicted octanol–water partition coefficient (Wildman–Crippen LogP) is 3.14. The smallest absolute Gasteiger partial charge is 0.388 e. The molecule has 0 aliphatic carbocycles. The van der Waals surface area contributed by atoms with E-state index < -0.39 is 12.2 Å². The quantitative estimate of drug-likeness (QED) is 0.358. The summed E-state index contributed by atoms with van der Waals surface area (Å²) in [5.41, 5.74) is 0.417. The molecule has 0 amide bonds. The molecule has 3 nitrogen and oxygen atoms in total. The Bertz CT molecular complexity index is 411. The number of hydrogen-bond acceptors (Lipinski definition) is 3. The Labute approximate surface area is 107 Å². The van der Waals surface area contributed by atoms with E-state index in [2.05, 4.69) is 9.72 Å². The van der Waals surface area contributed by atoms with Crippen LogP contribution in [0.3, 0.4) is 0 Å². The van der Waals surface area contributed by atoms with Gasteiger partial charge < -0.3 is 4.74 Å². The largest absolute Gasteiger partial charge is 0.574 e. The lowest BCUT2D eigenvalue weighted by molar-refractivity contribution is -0.276. The minimum atomic E-state index is -4.83. The average Bonchev–Trinajstić information content (AvgIpc) is 2.14. The van der Waals surface area contributed by atoms with Crippen LogP contribution in [0.25, 0.3) is 0 Å². The highest BCUT2D eigenvalue weighted by molar-refractivity contribution is 14.1. The zero-order valence-electron chi connectivity index (χ0n) is 7.52. The van der Waals surface area contributed by atoms with Crippen molar-refractivity contribution in [2.75, 3.05) is 0 Å². The van der Waals surface area contributed by atoms with E-state index in [0.717, 1.165) is 6.07 Å². The summed E-state index contributed by atoms with van der Waals surface area (Å²) in [7, 11) is 0. The Morgan fingerprint density at radius 1 is 1.56 bits per heavy atom. The van der Waals surface area contributed by atoms with Gasteiger partial charge in [-0.2, -0.15) is 0 Å². The lowest BCUT2D eigenvalue weighted by Crippen LogP contribution is -2.18. The van der Waals surface area contributed by atoms with Crippen molar-refractivity contribution in [3.05, 3.63) is 20.9 Å². The molecule has 16 heavy (non-hydrogen) atoms. The van der Waals surface area contributed by atoms with Gasteiger partial charge in [0.25, 0.3) is 0 Å². The van der Waals surface area contributed by atoms with Crippen molar-refractivity contribution < 1.29 is 22.7 Å². The van der Waals surface area contributed by atoms with Gasteiger partial charge in [-0.25, -0.2) is 4.98 Å². The maximum Gasteiger partial charge on any atom is 0.574 e. The summed E-state index contributed by atoms with van der Waals surface area (Å²) in [4.78, 5) is 14.2. The summed E-state index contributed by atoms with van der Waals surface area (Å²) in [6.07, 6.45) is -4.43. The summed E-state index contributed by atoms with van der Waals surface area (Å²) in [5, 5.41) is 0. The molecule has 1 rings (SSSR count). The third-order valence-corrected chi connectivity index (χ3v) is 2.73. The average molecular weight is 365 g/mol. The van der Waals surface area contributed by atoms with Gasteiger partial charge in [0.2, 0.25) is 5.88 Å². The number of alkyl halides is 4. The zero-order chi connectivity index (χ0) is 12.3. The molecule has 1 heterocycles. The Balaban J connectivity index is 3.15. The molecule has 0 N–H and O–H groups in total. The van der Waals surface area contributed by atoms with Crippen LogP contribution in [0.1, 0.15) is 15.9 Å². The molecular weight excluding hydrogens is 361 g/mol. The van der Waals surface area contributed by atoms with Crippen molar-refractivity contribution in [1.82, 2.24) is 4.98 Å². The maximum atomic E-state index is 11.9. The third-order valence-electron chi connectivity index (χ3n) is 1.57. The fourth-order valence-corrected chi connectivity index (χ4v) is 2.19. The van der Waals surface area contributed by atoms with Crippen LogP contribution in [0.2, 0.25) is 0 Å². The van der Waals surface area contributed by atoms with Gasteiger partial charge >= 0.3 is 6.36 Å². The number of halogens is 5. The first kappa shape index (κ1) is 13.5. The molecule has 0 saturated carbocycles. The molecule has 0 radical (unpaired) electrons. The van der Waals surface area contributed by atoms with Crippen LogP contribution in [0, 0.1) is 3.70 Å². The minimum absolute atomic E-state index is 0.00829. The fourth-order valence-electron chi connectivity index (χ4n) is 0.944. The predicted molar refractivity (Wildman–Crippen MR) is 58.6 cm³/mol. The van der Waals surface area contributed by atoms with Gasteiger partial charge in [-0.3, -0.25) is 4.79 Å². The molecule has 0 saturated heterocycles. The molecule has 0 aliphatic rings. The van der Waals surface area contributed by atoms with E-state index in [1.807, 2.05) is 0 Å². The Hall–Kier alpha value is -0.570. The molecule has 0 atom stereocenters. The number of rotatable bonds is 3. The molecular formula is C8H4ClF3INO2. The first-order chi connectivity index (χ1) is 7.37. The van der Waals surface area contributed by atoms with E-state index in [-0.39, 0.29) is 15.1 Å². The second kappa shape index (κ2) is 5.17. The van der Waals surface area contributed by atoms with Crippen LogP contribution in [-0.2, 0) is 5.88 Å². The number of hydrogen-bond donors (Lipinski definition) is 0. The zero-order valence-corrected chi connectivity index (χ0v) is 10.4. The van der Waals surface area contributed by atoms with E-state index >= 15 is 0 Å². The Kier molecular flexibility index (Phi) is 4.36. The van der Waals surface area contributed by atoms with Crippen molar-refractivity contribution >= 4 is 40.5 Å². The summed E-state index contributed by atoms with van der Waals surface area (Å²) in [6, 6.07) is 0.903. The number of pyridine rings is 1. The van der Waals surface area contributed by atoms with Gasteiger partial charge in [-0.1, -0.05) is 0 Å². The van der Waals surface area contributed by atoms with E-state index in [9.17, 15) is 18.0 Å². The van der Waals surface area contributed by atoms with E-state index in [1.165, 1.54) is 0 Å². The SMILES string of the molecule is O=Cc1cc(OC(F)(F)F)nc(I)c1CCl. The van der Waals surface area contributed by atoms with Gasteiger partial charge in [0.15, 0.2) is 6.29 Å². The lowest BCUT2D eigenvalue weighted by atomic mass is 10.2. The van der Waals surface area contributed by atoms with Gasteiger partial charge in [-0.05, 0) is 22.6 Å². The second-order valence-corrected chi connectivity index (χ2v) is 3.91. The molecule has 1 aromatic heterocycles. The molecule has 0 fully saturated rings. The molecule has 8 heteroatoms. The number of ether oxygens (including phenoxy) is 1. The van der Waals surface area contributed by atoms with E-state index in [0.29, 0.717) is 11.8 Å². The highest BCUT2D eigenvalue weighted by Crippen LogP contribution is 2.25. The van der Waals surface area contributed by atoms with Crippen molar-refractivity contribution in [1.29, 1.82) is 0 Å². The van der Waals surface area contributed by atoms with Crippen LogP contribution in [0.15, 0.2) is 6.07 Å². The summed E-state index contributed by atoms with van der Waals surface area (Å²) in [5.74, 6) is -0.682. The monoisotopic (exact) mass is 365 g/mol. The second-order valence-electron chi connectivity index (χ2n) is 2.62. The maximum absolute atomic E-state index is 11.9. The standard InChI is InChI=1S/C8H4ClF3INO2/c9-2-5-4(3-15)1-6(14-7(5)13)16-8(10,11)12/h1,3H,2H2. The van der Waals surface area contributed by atoms with Gasteiger partial charge in [-0.15, -0.1) is 24.8 Å². The molecule has 88 valence electrons. The Morgan fingerprint density at radius 3 is 2.62 bits per heavy atom. The van der Waals surface area contributed by atoms with Crippen molar-refractivity contribution in [2.45, 2.75) is 12.2 Å². The normalized spacial score (nSPS) is 11.3. The Morgan fingerprint density at radius 2 is 2.19 bits per heavy atom. The van der Waals surface area contributed by atoms with Crippen LogP contribution < -0.4 is 4.74 Å². The van der Waals surface area contributed by atoms with Gasteiger partial charge in [0.05, 0.1) is 5.88 Å². The molecule has 0 unspecified atom stereocenters. The van der Waals surface area contributed by atoms with Crippen LogP contribution >= 0.6 is 34.2 Å². The molecule has 0 bridgehead atoms. The topological polar surface area (TPSA) is 39.2 Å². The first-order valence-corrected chi connectivity index (χ1v) is 5.45. The number of aldehydes is 1. The number of carbonyl (C=O) groups excluding carboxylic acids is 1. The van der Waals surface area contributed by atoms with Crippen molar-refractivity contribution in [3.63, 3.8) is 0 Å². The van der Waals surface area contributed by atoms with E-state index in [4.69, 9.17) is 11.6 Å². The molecule has 0 aromatic carbocycles. The molecule has 0 spiro atoms. The summed E-state index contributed by atoms with van der Waals surface area (Å²) < 4.78 is 39.5. The molecule has 0 aliphatic heterocycles. The number of carbonyl (C=O) groups is 1. The fraction of sp³-hybridized carbons (Fsp3) is 0.250. The van der Waals surface area contributed by atoms with Crippen LogP contribution in [0.4, 0.5) is 13.2 Å². The third kappa shape index (κ3) is 3.48.